The molecule has 0 saturated heterocycles. The quantitative estimate of drug-likeness (QED) is 0.695. The normalized spacial score (nSPS) is 10.9. The molecule has 0 unspecified atom stereocenters. The predicted octanol–water partition coefficient (Wildman–Crippen LogP) is 4.26. The van der Waals surface area contributed by atoms with Crippen LogP contribution in [0.2, 0.25) is 0 Å². The van der Waals surface area contributed by atoms with Gasteiger partial charge < -0.3 is 15.2 Å². The maximum absolute atomic E-state index is 13.5. The van der Waals surface area contributed by atoms with Crippen molar-refractivity contribution >= 4 is 22.8 Å². The molecule has 1 aromatic carbocycles. The van der Waals surface area contributed by atoms with Crippen LogP contribution in [-0.2, 0) is 13.0 Å². The molecule has 26 heavy (non-hydrogen) atoms. The van der Waals surface area contributed by atoms with Crippen molar-refractivity contribution < 1.29 is 9.18 Å². The number of rotatable bonds is 6. The second kappa shape index (κ2) is 7.99. The Morgan fingerprint density at radius 3 is 2.92 bits per heavy atom. The molecule has 0 saturated carbocycles. The van der Waals surface area contributed by atoms with Crippen LogP contribution in [0.15, 0.2) is 42.7 Å². The summed E-state index contributed by atoms with van der Waals surface area (Å²) in [5.74, 6) is -0.334. The summed E-state index contributed by atoms with van der Waals surface area (Å²) in [5, 5.41) is 6.58. The minimum Gasteiger partial charge on any atom is -0.338 e. The number of hydrogen-bond acceptors (Lipinski definition) is 2. The Morgan fingerprint density at radius 2 is 2.15 bits per heavy atom. The number of amides is 2. The lowest BCUT2D eigenvalue weighted by Crippen LogP contribution is -2.30. The Kier molecular flexibility index (Phi) is 5.51. The van der Waals surface area contributed by atoms with Crippen LogP contribution in [0.1, 0.15) is 24.5 Å². The monoisotopic (exact) mass is 354 g/mol. The van der Waals surface area contributed by atoms with Crippen LogP contribution in [-0.4, -0.2) is 22.1 Å². The molecule has 2 N–H and O–H groups in total. The van der Waals surface area contributed by atoms with Crippen LogP contribution in [0.4, 0.5) is 14.9 Å². The third-order valence-corrected chi connectivity index (χ3v) is 4.29. The molecule has 2 heterocycles. The maximum atomic E-state index is 13.5. The second-order valence-electron chi connectivity index (χ2n) is 6.32. The summed E-state index contributed by atoms with van der Waals surface area (Å²) in [5.41, 5.74) is 3.12. The van der Waals surface area contributed by atoms with Gasteiger partial charge in [-0.1, -0.05) is 13.0 Å². The first kappa shape index (κ1) is 17.9. The average Bonchev–Trinajstić information content (AvgIpc) is 2.97. The van der Waals surface area contributed by atoms with Gasteiger partial charge in [-0.25, -0.2) is 14.2 Å². The van der Waals surface area contributed by atoms with Crippen molar-refractivity contribution in [2.75, 3.05) is 11.9 Å². The Labute approximate surface area is 152 Å². The molecular formula is C20H23FN4O. The zero-order valence-electron chi connectivity index (χ0n) is 15.1. The van der Waals surface area contributed by atoms with Crippen molar-refractivity contribution in [3.8, 4) is 0 Å². The van der Waals surface area contributed by atoms with E-state index >= 15 is 0 Å². The van der Waals surface area contributed by atoms with E-state index in [0.29, 0.717) is 24.2 Å². The Bertz CT molecular complexity index is 919. The highest BCUT2D eigenvalue weighted by Gasteiger charge is 2.09. The molecule has 0 aliphatic rings. The van der Waals surface area contributed by atoms with E-state index in [1.54, 1.807) is 25.3 Å². The van der Waals surface area contributed by atoms with E-state index in [0.717, 1.165) is 29.6 Å². The lowest BCUT2D eigenvalue weighted by atomic mass is 10.1. The van der Waals surface area contributed by atoms with Gasteiger partial charge in [0.2, 0.25) is 0 Å². The summed E-state index contributed by atoms with van der Waals surface area (Å²) in [6.07, 6.45) is 5.64. The fourth-order valence-electron chi connectivity index (χ4n) is 2.96. The number of halogens is 1. The summed E-state index contributed by atoms with van der Waals surface area (Å²) >= 11 is 0. The smallest absolute Gasteiger partial charge is 0.319 e. The third kappa shape index (κ3) is 4.02. The predicted molar refractivity (Wildman–Crippen MR) is 102 cm³/mol. The van der Waals surface area contributed by atoms with Crippen molar-refractivity contribution in [2.45, 2.75) is 33.2 Å². The third-order valence-electron chi connectivity index (χ3n) is 4.29. The van der Waals surface area contributed by atoms with E-state index in [-0.39, 0.29) is 11.8 Å². The number of fused-ring (bicyclic) bond motifs is 1. The minimum absolute atomic E-state index is 0.334. The molecule has 0 aliphatic carbocycles. The number of carbonyl (C=O) groups excluding carboxylic acids is 1. The Balaban J connectivity index is 1.60. The average molecular weight is 354 g/mol. The number of aromatic nitrogens is 2. The molecule has 0 radical (unpaired) electrons. The molecule has 3 aromatic rings. The van der Waals surface area contributed by atoms with Gasteiger partial charge in [0.15, 0.2) is 0 Å². The molecule has 0 aliphatic heterocycles. The Hall–Kier alpha value is -2.89. The van der Waals surface area contributed by atoms with Gasteiger partial charge >= 0.3 is 6.03 Å². The van der Waals surface area contributed by atoms with Crippen molar-refractivity contribution in [3.63, 3.8) is 0 Å². The topological polar surface area (TPSA) is 59.0 Å². The number of hydrogen-bond donors (Lipinski definition) is 2. The second-order valence-corrected chi connectivity index (χ2v) is 6.32. The van der Waals surface area contributed by atoms with E-state index < -0.39 is 0 Å². The number of nitrogens with one attached hydrogen (secondary N) is 2. The first-order valence-corrected chi connectivity index (χ1v) is 8.82. The van der Waals surface area contributed by atoms with Gasteiger partial charge in [-0.15, -0.1) is 0 Å². The number of anilines is 1. The van der Waals surface area contributed by atoms with Crippen LogP contribution in [0, 0.1) is 12.7 Å². The van der Waals surface area contributed by atoms with Crippen molar-refractivity contribution in [2.24, 2.45) is 0 Å². The lowest BCUT2D eigenvalue weighted by Gasteiger charge is -2.08. The van der Waals surface area contributed by atoms with E-state index in [1.165, 1.54) is 6.07 Å². The van der Waals surface area contributed by atoms with Gasteiger partial charge in [0.25, 0.3) is 0 Å². The summed E-state index contributed by atoms with van der Waals surface area (Å²) in [6, 6.07) is 8.28. The molecule has 6 heteroatoms. The molecule has 0 atom stereocenters. The highest BCUT2D eigenvalue weighted by Crippen LogP contribution is 2.20. The molecule has 136 valence electrons. The first-order valence-electron chi connectivity index (χ1n) is 8.82. The van der Waals surface area contributed by atoms with E-state index in [9.17, 15) is 9.18 Å². The maximum Gasteiger partial charge on any atom is 0.319 e. The molecule has 2 amide bonds. The van der Waals surface area contributed by atoms with Gasteiger partial charge in [-0.05, 0) is 55.2 Å². The van der Waals surface area contributed by atoms with Crippen LogP contribution < -0.4 is 10.6 Å². The summed E-state index contributed by atoms with van der Waals surface area (Å²) in [7, 11) is 0. The minimum atomic E-state index is -0.344. The van der Waals surface area contributed by atoms with Crippen LogP contribution >= 0.6 is 0 Å². The van der Waals surface area contributed by atoms with Gasteiger partial charge in [0, 0.05) is 36.6 Å². The molecular weight excluding hydrogens is 331 g/mol. The van der Waals surface area contributed by atoms with Crippen molar-refractivity contribution in [3.05, 3.63) is 59.7 Å². The van der Waals surface area contributed by atoms with Crippen LogP contribution in [0.3, 0.4) is 0 Å². The van der Waals surface area contributed by atoms with Crippen molar-refractivity contribution in [1.82, 2.24) is 14.9 Å². The largest absolute Gasteiger partial charge is 0.338 e. The summed E-state index contributed by atoms with van der Waals surface area (Å²) in [4.78, 5) is 16.5. The van der Waals surface area contributed by atoms with Crippen molar-refractivity contribution in [1.29, 1.82) is 0 Å². The molecule has 0 fully saturated rings. The molecule has 0 spiro atoms. The zero-order chi connectivity index (χ0) is 18.5. The number of pyridine rings is 1. The van der Waals surface area contributed by atoms with Crippen LogP contribution in [0.25, 0.3) is 11.0 Å². The highest BCUT2D eigenvalue weighted by molar-refractivity contribution is 5.89. The summed E-state index contributed by atoms with van der Waals surface area (Å²) in [6.45, 7) is 5.22. The number of urea groups is 1. The number of benzene rings is 1. The standard InChI is InChI=1S/C20H23FN4O/c1-3-11-25-13-15(17-5-4-9-22-19(17)25)8-10-23-20(26)24-16-7-6-14(2)18(21)12-16/h4-7,9,12-13H,3,8,10-11H2,1-2H3,(H2,23,24,26). The number of aryl methyl sites for hydroxylation is 2. The van der Waals surface area contributed by atoms with Gasteiger partial charge in [0.1, 0.15) is 11.5 Å². The van der Waals surface area contributed by atoms with E-state index in [4.69, 9.17) is 0 Å². The first-order chi connectivity index (χ1) is 12.6. The fraction of sp³-hybridized carbons (Fsp3) is 0.300. The van der Waals surface area contributed by atoms with Crippen LogP contribution in [0.5, 0.6) is 0 Å². The van der Waals surface area contributed by atoms with Gasteiger partial charge in [-0.3, -0.25) is 0 Å². The molecule has 2 aromatic heterocycles. The highest BCUT2D eigenvalue weighted by atomic mass is 19.1. The van der Waals surface area contributed by atoms with E-state index in [1.807, 2.05) is 6.07 Å². The lowest BCUT2D eigenvalue weighted by molar-refractivity contribution is 0.252. The summed E-state index contributed by atoms with van der Waals surface area (Å²) < 4.78 is 15.7. The zero-order valence-corrected chi connectivity index (χ0v) is 15.1. The molecule has 5 nitrogen and oxygen atoms in total. The number of nitrogens with zero attached hydrogens (tertiary/aromatic N) is 2. The van der Waals surface area contributed by atoms with Gasteiger partial charge in [0.05, 0.1) is 0 Å². The molecule has 3 rings (SSSR count). The fourth-order valence-corrected chi connectivity index (χ4v) is 2.96. The van der Waals surface area contributed by atoms with Gasteiger partial charge in [-0.2, -0.15) is 0 Å². The van der Waals surface area contributed by atoms with E-state index in [2.05, 4.69) is 39.4 Å². The SMILES string of the molecule is CCCn1cc(CCNC(=O)Nc2ccc(C)c(F)c2)c2cccnc21. The molecule has 0 bridgehead atoms. The Morgan fingerprint density at radius 1 is 1.31 bits per heavy atom. The number of carbonyl (C=O) groups is 1.